The average molecular weight is 441 g/mol. The number of hydrogen-bond donors (Lipinski definition) is 1. The molecule has 1 N–H and O–H groups in total. The molecule has 0 aliphatic heterocycles. The van der Waals surface area contributed by atoms with Crippen molar-refractivity contribution in [2.75, 3.05) is 11.1 Å². The molecule has 0 saturated carbocycles. The molecule has 3 aromatic rings. The molecule has 0 aliphatic rings. The van der Waals surface area contributed by atoms with Crippen molar-refractivity contribution in [2.45, 2.75) is 50.9 Å². The first-order valence-electron chi connectivity index (χ1n) is 10.0. The molecule has 0 unspecified atom stereocenters. The highest BCUT2D eigenvalue weighted by atomic mass is 32.2. The number of carbonyl (C=O) groups excluding carboxylic acids is 1. The van der Waals surface area contributed by atoms with Crippen LogP contribution in [0.3, 0.4) is 0 Å². The Kier molecular flexibility index (Phi) is 7.99. The molecule has 0 bridgehead atoms. The van der Waals surface area contributed by atoms with Crippen LogP contribution in [-0.2, 0) is 22.8 Å². The molecule has 158 valence electrons. The number of benzene rings is 2. The van der Waals surface area contributed by atoms with Crippen molar-refractivity contribution in [1.29, 1.82) is 0 Å². The topological polar surface area (TPSA) is 59.8 Å². The summed E-state index contributed by atoms with van der Waals surface area (Å²) >= 11 is 3.25. The van der Waals surface area contributed by atoms with Crippen molar-refractivity contribution in [3.63, 3.8) is 0 Å². The lowest BCUT2D eigenvalue weighted by Crippen LogP contribution is -2.15. The number of nitrogens with zero attached hydrogens (tertiary/aromatic N) is 3. The van der Waals surface area contributed by atoms with E-state index in [2.05, 4.69) is 64.3 Å². The van der Waals surface area contributed by atoms with E-state index in [1.54, 1.807) is 0 Å². The second kappa shape index (κ2) is 10.7. The zero-order valence-corrected chi connectivity index (χ0v) is 19.6. The Bertz CT molecular complexity index is 999. The van der Waals surface area contributed by atoms with Crippen molar-refractivity contribution in [2.24, 2.45) is 0 Å². The van der Waals surface area contributed by atoms with Gasteiger partial charge in [0, 0.05) is 18.0 Å². The van der Waals surface area contributed by atoms with Gasteiger partial charge in [-0.3, -0.25) is 4.79 Å². The molecule has 1 amide bonds. The number of amides is 1. The summed E-state index contributed by atoms with van der Waals surface area (Å²) in [5.74, 6) is 2.96. The maximum atomic E-state index is 12.4. The summed E-state index contributed by atoms with van der Waals surface area (Å²) in [6.07, 6.45) is 0. The second-order valence-corrected chi connectivity index (χ2v) is 9.20. The number of nitrogens with one attached hydrogen (secondary N) is 1. The predicted octanol–water partition coefficient (Wildman–Crippen LogP) is 5.39. The Morgan fingerprint density at radius 2 is 1.73 bits per heavy atom. The molecule has 3 rings (SSSR count). The van der Waals surface area contributed by atoms with Gasteiger partial charge >= 0.3 is 0 Å². The van der Waals surface area contributed by atoms with Crippen LogP contribution in [-0.4, -0.2) is 26.4 Å². The van der Waals surface area contributed by atoms with E-state index in [1.165, 1.54) is 28.5 Å². The van der Waals surface area contributed by atoms with E-state index in [1.807, 2.05) is 37.7 Å². The Labute approximate surface area is 187 Å². The van der Waals surface area contributed by atoms with Crippen LogP contribution in [0.4, 0.5) is 5.69 Å². The normalized spacial score (nSPS) is 10.9. The first-order valence-corrected chi connectivity index (χ1v) is 12.2. The number of aromatic nitrogens is 3. The van der Waals surface area contributed by atoms with Crippen LogP contribution >= 0.6 is 23.5 Å². The van der Waals surface area contributed by atoms with Gasteiger partial charge in [-0.05, 0) is 44.9 Å². The molecule has 30 heavy (non-hydrogen) atoms. The molecule has 0 fully saturated rings. The lowest BCUT2D eigenvalue weighted by molar-refractivity contribution is -0.113. The zero-order valence-electron chi connectivity index (χ0n) is 17.9. The van der Waals surface area contributed by atoms with E-state index >= 15 is 0 Å². The Morgan fingerprint density at radius 3 is 2.43 bits per heavy atom. The minimum absolute atomic E-state index is 0.0343. The number of anilines is 1. The highest BCUT2D eigenvalue weighted by Gasteiger charge is 2.14. The van der Waals surface area contributed by atoms with Gasteiger partial charge in [0.25, 0.3) is 0 Å². The third-order valence-electron chi connectivity index (χ3n) is 4.72. The summed E-state index contributed by atoms with van der Waals surface area (Å²) in [6.45, 7) is 9.01. The van der Waals surface area contributed by atoms with Crippen molar-refractivity contribution in [1.82, 2.24) is 14.8 Å². The fourth-order valence-electron chi connectivity index (χ4n) is 3.06. The summed E-state index contributed by atoms with van der Waals surface area (Å²) in [7, 11) is 0. The molecule has 0 spiro atoms. The van der Waals surface area contributed by atoms with E-state index in [4.69, 9.17) is 0 Å². The zero-order chi connectivity index (χ0) is 21.5. The highest BCUT2D eigenvalue weighted by Crippen LogP contribution is 2.23. The van der Waals surface area contributed by atoms with Gasteiger partial charge in [0.2, 0.25) is 5.91 Å². The summed E-state index contributed by atoms with van der Waals surface area (Å²) in [5, 5.41) is 12.5. The molecule has 7 heteroatoms. The third-order valence-corrected chi connectivity index (χ3v) is 6.69. The maximum absolute atomic E-state index is 12.4. The molecule has 0 atom stereocenters. The molecular formula is C23H28N4OS2. The minimum atomic E-state index is -0.0343. The van der Waals surface area contributed by atoms with E-state index in [0.717, 1.165) is 40.3 Å². The van der Waals surface area contributed by atoms with Crippen molar-refractivity contribution < 1.29 is 4.79 Å². The molecule has 0 saturated heterocycles. The molecule has 1 aromatic heterocycles. The monoisotopic (exact) mass is 440 g/mol. The number of thioether (sulfide) groups is 2. The molecular weight excluding hydrogens is 412 g/mol. The van der Waals surface area contributed by atoms with Gasteiger partial charge in [0.1, 0.15) is 5.82 Å². The predicted molar refractivity (Wildman–Crippen MR) is 127 cm³/mol. The van der Waals surface area contributed by atoms with Gasteiger partial charge in [0.15, 0.2) is 5.16 Å². The Balaban J connectivity index is 1.53. The first-order chi connectivity index (χ1) is 14.5. The molecule has 0 radical (unpaired) electrons. The van der Waals surface area contributed by atoms with Crippen LogP contribution in [0.2, 0.25) is 0 Å². The SMILES string of the molecule is CCn1c(CSCc2ccc(C)cc2)nnc1SCC(=O)Nc1ccc(C)cc1C. The largest absolute Gasteiger partial charge is 0.325 e. The van der Waals surface area contributed by atoms with Crippen molar-refractivity contribution in [3.05, 3.63) is 70.5 Å². The van der Waals surface area contributed by atoms with E-state index < -0.39 is 0 Å². The fourth-order valence-corrected chi connectivity index (χ4v) is 4.81. The Morgan fingerprint density at radius 1 is 1.00 bits per heavy atom. The molecule has 2 aromatic carbocycles. The van der Waals surface area contributed by atoms with Crippen molar-refractivity contribution in [3.8, 4) is 0 Å². The van der Waals surface area contributed by atoms with Gasteiger partial charge in [-0.1, -0.05) is 59.3 Å². The maximum Gasteiger partial charge on any atom is 0.234 e. The van der Waals surface area contributed by atoms with Crippen LogP contribution in [0.25, 0.3) is 0 Å². The standard InChI is InChI=1S/C23H28N4OS2/c1-5-27-21(14-29-13-19-9-6-16(2)7-10-19)25-26-23(27)30-15-22(28)24-20-11-8-17(3)12-18(20)4/h6-12H,5,13-15H2,1-4H3,(H,24,28). The van der Waals surface area contributed by atoms with Gasteiger partial charge in [-0.25, -0.2) is 0 Å². The number of rotatable bonds is 9. The number of aryl methyl sites for hydroxylation is 3. The lowest BCUT2D eigenvalue weighted by atomic mass is 10.1. The smallest absolute Gasteiger partial charge is 0.234 e. The fraction of sp³-hybridized carbons (Fsp3) is 0.348. The van der Waals surface area contributed by atoms with Crippen molar-refractivity contribution >= 4 is 35.1 Å². The van der Waals surface area contributed by atoms with Gasteiger partial charge in [-0.2, -0.15) is 0 Å². The second-order valence-electron chi connectivity index (χ2n) is 7.28. The average Bonchev–Trinajstić information content (AvgIpc) is 3.12. The molecule has 1 heterocycles. The van der Waals surface area contributed by atoms with Crippen LogP contribution in [0, 0.1) is 20.8 Å². The molecule has 5 nitrogen and oxygen atoms in total. The van der Waals surface area contributed by atoms with Crippen LogP contribution in [0.15, 0.2) is 47.6 Å². The molecule has 0 aliphatic carbocycles. The summed E-state index contributed by atoms with van der Waals surface area (Å²) in [4.78, 5) is 12.4. The highest BCUT2D eigenvalue weighted by molar-refractivity contribution is 7.99. The quantitative estimate of drug-likeness (QED) is 0.452. The van der Waals surface area contributed by atoms with E-state index in [0.29, 0.717) is 5.75 Å². The van der Waals surface area contributed by atoms with Gasteiger partial charge < -0.3 is 9.88 Å². The summed E-state index contributed by atoms with van der Waals surface area (Å²) in [6, 6.07) is 14.6. The summed E-state index contributed by atoms with van der Waals surface area (Å²) < 4.78 is 2.09. The van der Waals surface area contributed by atoms with Crippen LogP contribution in [0.1, 0.15) is 35.0 Å². The third kappa shape index (κ3) is 6.12. The number of carbonyl (C=O) groups is 1. The summed E-state index contributed by atoms with van der Waals surface area (Å²) in [5.41, 5.74) is 5.70. The Hall–Kier alpha value is -2.25. The lowest BCUT2D eigenvalue weighted by Gasteiger charge is -2.10. The number of hydrogen-bond acceptors (Lipinski definition) is 5. The minimum Gasteiger partial charge on any atom is -0.325 e. The first kappa shape index (κ1) is 22.4. The van der Waals surface area contributed by atoms with Gasteiger partial charge in [-0.15, -0.1) is 22.0 Å². The van der Waals surface area contributed by atoms with Crippen LogP contribution < -0.4 is 5.32 Å². The van der Waals surface area contributed by atoms with E-state index in [-0.39, 0.29) is 5.91 Å². The van der Waals surface area contributed by atoms with Crippen LogP contribution in [0.5, 0.6) is 0 Å². The van der Waals surface area contributed by atoms with E-state index in [9.17, 15) is 4.79 Å². The van der Waals surface area contributed by atoms with Gasteiger partial charge in [0.05, 0.1) is 11.5 Å².